The topological polar surface area (TPSA) is 85.2 Å². The third kappa shape index (κ3) is 5.24. The predicted molar refractivity (Wildman–Crippen MR) is 76.4 cm³/mol. The average Bonchev–Trinajstić information content (AvgIpc) is 2.46. The van der Waals surface area contributed by atoms with Crippen LogP contribution in [-0.4, -0.2) is 43.1 Å². The zero-order valence-electron chi connectivity index (χ0n) is 12.5. The third-order valence-electron chi connectivity index (χ3n) is 3.00. The van der Waals surface area contributed by atoms with Gasteiger partial charge in [0.2, 0.25) is 0 Å². The van der Waals surface area contributed by atoms with Crippen LogP contribution in [0, 0.1) is 0 Å². The molecule has 6 heteroatoms. The highest BCUT2D eigenvalue weighted by atomic mass is 16.5. The van der Waals surface area contributed by atoms with E-state index in [0.717, 1.165) is 0 Å². The largest absolute Gasteiger partial charge is 0.497 e. The molecular formula is C15H22O6. The smallest absolute Gasteiger partial charge is 0.308 e. The Morgan fingerprint density at radius 3 is 2.52 bits per heavy atom. The van der Waals surface area contributed by atoms with Crippen LogP contribution in [0.2, 0.25) is 0 Å². The van der Waals surface area contributed by atoms with Gasteiger partial charge in [-0.2, -0.15) is 0 Å². The van der Waals surface area contributed by atoms with Crippen LogP contribution in [0.1, 0.15) is 31.4 Å². The van der Waals surface area contributed by atoms with Gasteiger partial charge in [-0.05, 0) is 25.1 Å². The lowest BCUT2D eigenvalue weighted by Crippen LogP contribution is -2.18. The van der Waals surface area contributed by atoms with Crippen LogP contribution in [0.25, 0.3) is 0 Å². The second kappa shape index (κ2) is 8.49. The van der Waals surface area contributed by atoms with E-state index in [-0.39, 0.29) is 19.4 Å². The second-order valence-electron chi connectivity index (χ2n) is 4.52. The van der Waals surface area contributed by atoms with E-state index in [0.29, 0.717) is 17.1 Å². The Balaban J connectivity index is 2.73. The molecule has 2 N–H and O–H groups in total. The van der Waals surface area contributed by atoms with E-state index in [9.17, 15) is 15.0 Å². The van der Waals surface area contributed by atoms with Crippen molar-refractivity contribution < 1.29 is 29.2 Å². The summed E-state index contributed by atoms with van der Waals surface area (Å²) in [5.41, 5.74) is 0.500. The van der Waals surface area contributed by atoms with Gasteiger partial charge in [0.15, 0.2) is 0 Å². The van der Waals surface area contributed by atoms with Gasteiger partial charge in [0.1, 0.15) is 11.5 Å². The molecule has 0 aromatic heterocycles. The van der Waals surface area contributed by atoms with Crippen LogP contribution in [0.15, 0.2) is 18.2 Å². The monoisotopic (exact) mass is 298 g/mol. The second-order valence-corrected chi connectivity index (χ2v) is 4.52. The van der Waals surface area contributed by atoms with Crippen LogP contribution < -0.4 is 9.47 Å². The fraction of sp³-hybridized carbons (Fsp3) is 0.533. The van der Waals surface area contributed by atoms with Crippen LogP contribution in [0.3, 0.4) is 0 Å². The molecule has 2 atom stereocenters. The first kappa shape index (κ1) is 17.3. The lowest BCUT2D eigenvalue weighted by molar-refractivity contribution is -0.145. The van der Waals surface area contributed by atoms with Crippen molar-refractivity contribution in [3.05, 3.63) is 23.8 Å². The summed E-state index contributed by atoms with van der Waals surface area (Å²) >= 11 is 0. The first-order chi connectivity index (χ1) is 10.0. The van der Waals surface area contributed by atoms with Crippen molar-refractivity contribution in [2.75, 3.05) is 20.8 Å². The van der Waals surface area contributed by atoms with Crippen LogP contribution in [-0.2, 0) is 9.53 Å². The number of hydrogen-bond donors (Lipinski definition) is 2. The van der Waals surface area contributed by atoms with Gasteiger partial charge in [0, 0.05) is 12.0 Å². The molecule has 0 aliphatic rings. The molecule has 0 aliphatic carbocycles. The van der Waals surface area contributed by atoms with Gasteiger partial charge < -0.3 is 24.4 Å². The molecule has 1 rings (SSSR count). The van der Waals surface area contributed by atoms with Crippen molar-refractivity contribution in [3.63, 3.8) is 0 Å². The number of methoxy groups -OCH3 is 2. The summed E-state index contributed by atoms with van der Waals surface area (Å²) in [6.07, 6.45) is -2.12. The molecule has 2 unspecified atom stereocenters. The molecule has 21 heavy (non-hydrogen) atoms. The van der Waals surface area contributed by atoms with E-state index in [4.69, 9.17) is 14.2 Å². The Labute approximate surface area is 124 Å². The first-order valence-electron chi connectivity index (χ1n) is 6.75. The molecule has 0 bridgehead atoms. The number of hydrogen-bond acceptors (Lipinski definition) is 6. The molecule has 0 radical (unpaired) electrons. The Kier molecular flexibility index (Phi) is 6.98. The molecule has 6 nitrogen and oxygen atoms in total. The highest BCUT2D eigenvalue weighted by Crippen LogP contribution is 2.31. The van der Waals surface area contributed by atoms with Crippen molar-refractivity contribution in [2.24, 2.45) is 0 Å². The minimum atomic E-state index is -0.991. The molecule has 1 aromatic carbocycles. The van der Waals surface area contributed by atoms with Gasteiger partial charge in [-0.3, -0.25) is 4.79 Å². The van der Waals surface area contributed by atoms with Crippen molar-refractivity contribution in [2.45, 2.75) is 32.0 Å². The minimum Gasteiger partial charge on any atom is -0.497 e. The fourth-order valence-corrected chi connectivity index (χ4v) is 1.98. The van der Waals surface area contributed by atoms with Crippen LogP contribution in [0.5, 0.6) is 11.5 Å². The van der Waals surface area contributed by atoms with Gasteiger partial charge >= 0.3 is 5.97 Å². The molecule has 0 spiro atoms. The van der Waals surface area contributed by atoms with Gasteiger partial charge in [-0.25, -0.2) is 0 Å². The number of ether oxygens (including phenoxy) is 3. The van der Waals surface area contributed by atoms with E-state index >= 15 is 0 Å². The Bertz CT molecular complexity index is 459. The number of benzene rings is 1. The van der Waals surface area contributed by atoms with Crippen LogP contribution in [0.4, 0.5) is 0 Å². The number of aliphatic hydroxyl groups excluding tert-OH is 2. The zero-order chi connectivity index (χ0) is 15.8. The van der Waals surface area contributed by atoms with Crippen molar-refractivity contribution in [3.8, 4) is 11.5 Å². The number of carbonyl (C=O) groups is 1. The summed E-state index contributed by atoms with van der Waals surface area (Å²) in [5.74, 6) is 0.575. The summed E-state index contributed by atoms with van der Waals surface area (Å²) in [5, 5.41) is 20.1. The van der Waals surface area contributed by atoms with Crippen LogP contribution >= 0.6 is 0 Å². The average molecular weight is 298 g/mol. The third-order valence-corrected chi connectivity index (χ3v) is 3.00. The number of aliphatic hydroxyl groups is 2. The minimum absolute atomic E-state index is 0.00232. The quantitative estimate of drug-likeness (QED) is 0.706. The molecule has 1 aromatic rings. The highest BCUT2D eigenvalue weighted by Gasteiger charge is 2.20. The summed E-state index contributed by atoms with van der Waals surface area (Å²) < 4.78 is 15.0. The molecule has 0 heterocycles. The SMILES string of the molecule is CCOC(=O)CC(O)CC(O)c1cc(OC)ccc1OC. The maximum Gasteiger partial charge on any atom is 0.308 e. The molecule has 0 saturated heterocycles. The van der Waals surface area contributed by atoms with Gasteiger partial charge in [0.05, 0.1) is 39.5 Å². The van der Waals surface area contributed by atoms with E-state index in [1.807, 2.05) is 0 Å². The van der Waals surface area contributed by atoms with E-state index in [2.05, 4.69) is 0 Å². The van der Waals surface area contributed by atoms with Crippen molar-refractivity contribution >= 4 is 5.97 Å². The molecule has 118 valence electrons. The summed E-state index contributed by atoms with van der Waals surface area (Å²) in [4.78, 5) is 11.3. The lowest BCUT2D eigenvalue weighted by Gasteiger charge is -2.18. The molecular weight excluding hydrogens is 276 g/mol. The highest BCUT2D eigenvalue weighted by molar-refractivity contribution is 5.69. The normalized spacial score (nSPS) is 13.4. The lowest BCUT2D eigenvalue weighted by atomic mass is 10.0. The maximum absolute atomic E-state index is 11.3. The van der Waals surface area contributed by atoms with Crippen molar-refractivity contribution in [1.29, 1.82) is 0 Å². The van der Waals surface area contributed by atoms with E-state index in [1.165, 1.54) is 14.2 Å². The Morgan fingerprint density at radius 1 is 1.24 bits per heavy atom. The molecule has 0 saturated carbocycles. The molecule has 0 amide bonds. The Hall–Kier alpha value is -1.79. The molecule has 0 aliphatic heterocycles. The summed E-state index contributed by atoms with van der Waals surface area (Å²) in [7, 11) is 3.01. The number of carbonyl (C=O) groups excluding carboxylic acids is 1. The zero-order valence-corrected chi connectivity index (χ0v) is 12.5. The summed E-state index contributed by atoms with van der Waals surface area (Å²) in [6, 6.07) is 5.03. The van der Waals surface area contributed by atoms with E-state index < -0.39 is 18.2 Å². The number of esters is 1. The molecule has 0 fully saturated rings. The number of rotatable bonds is 8. The van der Waals surface area contributed by atoms with Crippen molar-refractivity contribution in [1.82, 2.24) is 0 Å². The first-order valence-corrected chi connectivity index (χ1v) is 6.75. The predicted octanol–water partition coefficient (Wildman–Crippen LogP) is 1.44. The Morgan fingerprint density at radius 2 is 1.95 bits per heavy atom. The van der Waals surface area contributed by atoms with E-state index in [1.54, 1.807) is 25.1 Å². The standard InChI is InChI=1S/C15H22O6/c1-4-21-15(18)8-10(16)7-13(17)12-9-11(19-2)5-6-14(12)20-3/h5-6,9-10,13,16-17H,4,7-8H2,1-3H3. The fourth-order valence-electron chi connectivity index (χ4n) is 1.98. The maximum atomic E-state index is 11.3. The summed E-state index contributed by atoms with van der Waals surface area (Å²) in [6.45, 7) is 1.96. The van der Waals surface area contributed by atoms with Gasteiger partial charge in [-0.15, -0.1) is 0 Å². The van der Waals surface area contributed by atoms with Gasteiger partial charge in [0.25, 0.3) is 0 Å². The van der Waals surface area contributed by atoms with Gasteiger partial charge in [-0.1, -0.05) is 0 Å².